The summed E-state index contributed by atoms with van der Waals surface area (Å²) in [6, 6.07) is 4.97. The van der Waals surface area contributed by atoms with Gasteiger partial charge in [-0.15, -0.1) is 0 Å². The molecule has 0 aliphatic carbocycles. The zero-order valence-corrected chi connectivity index (χ0v) is 11.1. The molecule has 0 spiro atoms. The molecule has 4 nitrogen and oxygen atoms in total. The predicted molar refractivity (Wildman–Crippen MR) is 73.8 cm³/mol. The third-order valence-corrected chi connectivity index (χ3v) is 2.68. The minimum atomic E-state index is -0.851. The SMILES string of the molecule is OCC(O)CNC(=S)Nc1ccc(Cl)cc1Cl. The first-order valence-corrected chi connectivity index (χ1v) is 5.98. The van der Waals surface area contributed by atoms with Gasteiger partial charge in [-0.1, -0.05) is 23.2 Å². The van der Waals surface area contributed by atoms with Crippen LogP contribution in [-0.4, -0.2) is 34.6 Å². The van der Waals surface area contributed by atoms with Crippen LogP contribution in [0, 0.1) is 0 Å². The van der Waals surface area contributed by atoms with E-state index in [0.717, 1.165) is 0 Å². The molecular weight excluding hydrogens is 283 g/mol. The fourth-order valence-electron chi connectivity index (χ4n) is 1.03. The zero-order chi connectivity index (χ0) is 12.8. The smallest absolute Gasteiger partial charge is 0.170 e. The number of nitrogens with one attached hydrogen (secondary N) is 2. The van der Waals surface area contributed by atoms with Crippen molar-refractivity contribution in [1.29, 1.82) is 0 Å². The van der Waals surface area contributed by atoms with Gasteiger partial charge >= 0.3 is 0 Å². The third kappa shape index (κ3) is 5.06. The molecule has 1 aromatic carbocycles. The van der Waals surface area contributed by atoms with Gasteiger partial charge in [0.15, 0.2) is 5.11 Å². The molecule has 0 radical (unpaired) electrons. The van der Waals surface area contributed by atoms with Crippen LogP contribution < -0.4 is 10.6 Å². The van der Waals surface area contributed by atoms with Crippen LogP contribution in [0.25, 0.3) is 0 Å². The maximum atomic E-state index is 9.12. The van der Waals surface area contributed by atoms with Gasteiger partial charge in [0.05, 0.1) is 23.4 Å². The normalized spacial score (nSPS) is 12.0. The molecular formula is C10H12Cl2N2O2S. The van der Waals surface area contributed by atoms with Crippen molar-refractivity contribution < 1.29 is 10.2 Å². The number of hydrogen-bond acceptors (Lipinski definition) is 3. The van der Waals surface area contributed by atoms with Gasteiger partial charge in [-0.25, -0.2) is 0 Å². The molecule has 0 heterocycles. The van der Waals surface area contributed by atoms with Crippen LogP contribution in [0.15, 0.2) is 18.2 Å². The summed E-state index contributed by atoms with van der Waals surface area (Å²) in [6.45, 7) is -0.162. The molecule has 0 aliphatic rings. The number of halogens is 2. The standard InChI is InChI=1S/C10H12Cl2N2O2S/c11-6-1-2-9(8(12)3-6)14-10(17)13-4-7(16)5-15/h1-3,7,15-16H,4-5H2,(H2,13,14,17). The second-order valence-electron chi connectivity index (χ2n) is 3.30. The molecule has 0 saturated carbocycles. The molecule has 0 saturated heterocycles. The van der Waals surface area contributed by atoms with E-state index in [4.69, 9.17) is 45.6 Å². The van der Waals surface area contributed by atoms with E-state index in [2.05, 4.69) is 10.6 Å². The first kappa shape index (κ1) is 14.5. The second kappa shape index (κ2) is 6.98. The molecule has 0 amide bonds. The van der Waals surface area contributed by atoms with Crippen LogP contribution in [-0.2, 0) is 0 Å². The fourth-order valence-corrected chi connectivity index (χ4v) is 1.68. The van der Waals surface area contributed by atoms with Crippen LogP contribution in [0.2, 0.25) is 10.0 Å². The summed E-state index contributed by atoms with van der Waals surface area (Å²) in [6.07, 6.45) is -0.851. The largest absolute Gasteiger partial charge is 0.394 e. The van der Waals surface area contributed by atoms with E-state index in [0.29, 0.717) is 20.8 Å². The molecule has 0 aliphatic heterocycles. The molecule has 0 fully saturated rings. The maximum Gasteiger partial charge on any atom is 0.170 e. The van der Waals surface area contributed by atoms with E-state index in [1.165, 1.54) is 0 Å². The lowest BCUT2D eigenvalue weighted by atomic mass is 10.3. The maximum absolute atomic E-state index is 9.12. The Bertz CT molecular complexity index is 404. The van der Waals surface area contributed by atoms with Crippen molar-refractivity contribution in [3.05, 3.63) is 28.2 Å². The van der Waals surface area contributed by atoms with Gasteiger partial charge < -0.3 is 20.8 Å². The van der Waals surface area contributed by atoms with Crippen LogP contribution in [0.5, 0.6) is 0 Å². The number of anilines is 1. The molecule has 94 valence electrons. The molecule has 17 heavy (non-hydrogen) atoms. The van der Waals surface area contributed by atoms with E-state index >= 15 is 0 Å². The monoisotopic (exact) mass is 294 g/mol. The van der Waals surface area contributed by atoms with Gasteiger partial charge in [-0.2, -0.15) is 0 Å². The number of hydrogen-bond donors (Lipinski definition) is 4. The lowest BCUT2D eigenvalue weighted by molar-refractivity contribution is 0.0984. The lowest BCUT2D eigenvalue weighted by Crippen LogP contribution is -2.36. The van der Waals surface area contributed by atoms with E-state index in [1.807, 2.05) is 0 Å². The highest BCUT2D eigenvalue weighted by Crippen LogP contribution is 2.25. The van der Waals surface area contributed by atoms with E-state index in [1.54, 1.807) is 18.2 Å². The Morgan fingerprint density at radius 3 is 2.71 bits per heavy atom. The average Bonchev–Trinajstić information content (AvgIpc) is 2.29. The Morgan fingerprint density at radius 2 is 2.12 bits per heavy atom. The second-order valence-corrected chi connectivity index (χ2v) is 4.55. The number of aliphatic hydroxyl groups excluding tert-OH is 2. The topological polar surface area (TPSA) is 64.5 Å². The summed E-state index contributed by atoms with van der Waals surface area (Å²) >= 11 is 16.7. The van der Waals surface area contributed by atoms with Gasteiger partial charge in [0.25, 0.3) is 0 Å². The molecule has 1 atom stereocenters. The summed E-state index contributed by atoms with van der Waals surface area (Å²) < 4.78 is 0. The van der Waals surface area contributed by atoms with Crippen molar-refractivity contribution in [3.63, 3.8) is 0 Å². The summed E-state index contributed by atoms with van der Waals surface area (Å²) in [5.74, 6) is 0. The summed E-state index contributed by atoms with van der Waals surface area (Å²) in [4.78, 5) is 0. The molecule has 1 unspecified atom stereocenters. The Labute approximate surface area is 115 Å². The number of rotatable bonds is 4. The van der Waals surface area contributed by atoms with Gasteiger partial charge in [-0.05, 0) is 30.4 Å². The minimum absolute atomic E-state index is 0.160. The summed E-state index contributed by atoms with van der Waals surface area (Å²) in [7, 11) is 0. The van der Waals surface area contributed by atoms with Crippen molar-refractivity contribution in [2.45, 2.75) is 6.10 Å². The number of thiocarbonyl (C=S) groups is 1. The predicted octanol–water partition coefficient (Wildman–Crippen LogP) is 1.63. The quantitative estimate of drug-likeness (QED) is 0.636. The first-order chi connectivity index (χ1) is 8.02. The lowest BCUT2D eigenvalue weighted by Gasteiger charge is -2.13. The van der Waals surface area contributed by atoms with Crippen molar-refractivity contribution in [3.8, 4) is 0 Å². The first-order valence-electron chi connectivity index (χ1n) is 4.81. The molecule has 4 N–H and O–H groups in total. The minimum Gasteiger partial charge on any atom is -0.394 e. The fraction of sp³-hybridized carbons (Fsp3) is 0.300. The van der Waals surface area contributed by atoms with E-state index < -0.39 is 6.10 Å². The van der Waals surface area contributed by atoms with Crippen LogP contribution in [0.1, 0.15) is 0 Å². The number of aliphatic hydroxyl groups is 2. The highest BCUT2D eigenvalue weighted by molar-refractivity contribution is 7.80. The van der Waals surface area contributed by atoms with Crippen LogP contribution in [0.3, 0.4) is 0 Å². The van der Waals surface area contributed by atoms with Crippen LogP contribution in [0.4, 0.5) is 5.69 Å². The van der Waals surface area contributed by atoms with E-state index in [9.17, 15) is 0 Å². The van der Waals surface area contributed by atoms with Gasteiger partial charge in [0.1, 0.15) is 0 Å². The van der Waals surface area contributed by atoms with Gasteiger partial charge in [0.2, 0.25) is 0 Å². The number of benzene rings is 1. The summed E-state index contributed by atoms with van der Waals surface area (Å²) in [5, 5.41) is 24.6. The zero-order valence-electron chi connectivity index (χ0n) is 8.78. The average molecular weight is 295 g/mol. The van der Waals surface area contributed by atoms with Crippen molar-refractivity contribution >= 4 is 46.2 Å². The Kier molecular flexibility index (Phi) is 5.94. The van der Waals surface area contributed by atoms with Crippen molar-refractivity contribution in [2.75, 3.05) is 18.5 Å². The Balaban J connectivity index is 2.50. The summed E-state index contributed by atoms with van der Waals surface area (Å²) in [5.41, 5.74) is 0.618. The molecule has 7 heteroatoms. The van der Waals surface area contributed by atoms with E-state index in [-0.39, 0.29) is 13.2 Å². The van der Waals surface area contributed by atoms with Gasteiger partial charge in [-0.3, -0.25) is 0 Å². The molecule has 1 aromatic rings. The molecule has 0 aromatic heterocycles. The Hall–Kier alpha value is -0.590. The molecule has 1 rings (SSSR count). The highest BCUT2D eigenvalue weighted by Gasteiger charge is 2.05. The Morgan fingerprint density at radius 1 is 1.41 bits per heavy atom. The molecule has 0 bridgehead atoms. The van der Waals surface area contributed by atoms with Crippen molar-refractivity contribution in [2.24, 2.45) is 0 Å². The van der Waals surface area contributed by atoms with Crippen LogP contribution >= 0.6 is 35.4 Å². The highest BCUT2D eigenvalue weighted by atomic mass is 35.5. The van der Waals surface area contributed by atoms with Crippen molar-refractivity contribution in [1.82, 2.24) is 5.32 Å². The van der Waals surface area contributed by atoms with Gasteiger partial charge in [0, 0.05) is 11.6 Å². The third-order valence-electron chi connectivity index (χ3n) is 1.89.